The van der Waals surface area contributed by atoms with Gasteiger partial charge in [-0.3, -0.25) is 9.79 Å². The van der Waals surface area contributed by atoms with Gasteiger partial charge in [-0.25, -0.2) is 13.9 Å². The average molecular weight is 317 g/mol. The maximum Gasteiger partial charge on any atom is 0.527 e. The second-order valence-electron chi connectivity index (χ2n) is 2.91. The van der Waals surface area contributed by atoms with Crippen LogP contribution in [-0.2, 0) is 13.7 Å². The van der Waals surface area contributed by atoms with E-state index in [4.69, 9.17) is 26.3 Å². The fourth-order valence-electron chi connectivity index (χ4n) is 0.829. The lowest BCUT2D eigenvalue weighted by Gasteiger charge is -2.12. The lowest BCUT2D eigenvalue weighted by molar-refractivity contribution is 0.189. The summed E-state index contributed by atoms with van der Waals surface area (Å²) >= 11 is 5.55. The molecule has 0 saturated heterocycles. The number of benzene rings is 1. The Hall–Kier alpha value is -0.880. The third-order valence-electron chi connectivity index (χ3n) is 1.47. The molecule has 1 aromatic rings. The lowest BCUT2D eigenvalue weighted by atomic mass is 10.3. The molecule has 3 N–H and O–H groups in total. The van der Waals surface area contributed by atoms with Gasteiger partial charge in [0, 0.05) is 5.02 Å². The van der Waals surface area contributed by atoms with E-state index in [1.165, 1.54) is 24.3 Å². The van der Waals surface area contributed by atoms with Gasteiger partial charge in [0.25, 0.3) is 0 Å². The molecule has 100 valence electrons. The predicted molar refractivity (Wildman–Crippen MR) is 60.4 cm³/mol. The lowest BCUT2D eigenvalue weighted by Crippen LogP contribution is -2.06. The predicted octanol–water partition coefficient (Wildman–Crippen LogP) is 2.13. The molecule has 0 heterocycles. The highest BCUT2D eigenvalue weighted by atomic mass is 35.5. The number of phosphoric ester groups is 1. The van der Waals surface area contributed by atoms with Crippen molar-refractivity contribution in [2.45, 2.75) is 0 Å². The SMILES string of the molecule is O=C(OP(=O)(O)O)P(=O)(O)Oc1ccc(Cl)cc1. The molecule has 11 heteroatoms. The molecule has 18 heavy (non-hydrogen) atoms. The highest BCUT2D eigenvalue weighted by Gasteiger charge is 2.39. The molecule has 0 aromatic heterocycles. The summed E-state index contributed by atoms with van der Waals surface area (Å²) in [6.45, 7) is 0. The zero-order valence-electron chi connectivity index (χ0n) is 8.46. The van der Waals surface area contributed by atoms with Crippen LogP contribution in [0.15, 0.2) is 24.3 Å². The van der Waals surface area contributed by atoms with Crippen LogP contribution in [0.4, 0.5) is 4.79 Å². The molecule has 0 aliphatic carbocycles. The van der Waals surface area contributed by atoms with Gasteiger partial charge in [-0.1, -0.05) is 11.6 Å². The Morgan fingerprint density at radius 2 is 1.61 bits per heavy atom. The first kappa shape index (κ1) is 15.2. The number of halogens is 1. The summed E-state index contributed by atoms with van der Waals surface area (Å²) in [6.07, 6.45) is 0. The average Bonchev–Trinajstić information content (AvgIpc) is 2.18. The van der Waals surface area contributed by atoms with E-state index in [-0.39, 0.29) is 5.75 Å². The molecule has 0 radical (unpaired) electrons. The molecular weight excluding hydrogens is 309 g/mol. The van der Waals surface area contributed by atoms with Crippen LogP contribution in [0.2, 0.25) is 5.02 Å². The first-order valence-electron chi connectivity index (χ1n) is 4.18. The van der Waals surface area contributed by atoms with Crippen molar-refractivity contribution < 1.29 is 37.7 Å². The molecule has 1 unspecified atom stereocenters. The number of hydrogen-bond acceptors (Lipinski definition) is 5. The van der Waals surface area contributed by atoms with Crippen LogP contribution < -0.4 is 4.52 Å². The minimum Gasteiger partial charge on any atom is -0.417 e. The molecule has 0 bridgehead atoms. The highest BCUT2D eigenvalue weighted by Crippen LogP contribution is 2.50. The molecule has 0 amide bonds. The molecule has 0 spiro atoms. The standard InChI is InChI=1S/C7H7ClO8P2/c8-5-1-3-6(4-2-5)15-17(10,11)7(9)16-18(12,13)14/h1-4H,(H,10,11)(H2,12,13,14). The third-order valence-corrected chi connectivity index (χ3v) is 3.28. The Morgan fingerprint density at radius 3 is 2.06 bits per heavy atom. The van der Waals surface area contributed by atoms with E-state index in [0.29, 0.717) is 5.02 Å². The van der Waals surface area contributed by atoms with Gasteiger partial charge >= 0.3 is 21.1 Å². The van der Waals surface area contributed by atoms with Gasteiger partial charge in [0.2, 0.25) is 0 Å². The van der Waals surface area contributed by atoms with Crippen molar-refractivity contribution >= 4 is 32.7 Å². The van der Waals surface area contributed by atoms with E-state index < -0.39 is 21.1 Å². The van der Waals surface area contributed by atoms with Gasteiger partial charge in [0.15, 0.2) is 0 Å². The van der Waals surface area contributed by atoms with Crippen LogP contribution in [0.3, 0.4) is 0 Å². The summed E-state index contributed by atoms with van der Waals surface area (Å²) in [4.78, 5) is 36.8. The number of carbonyl (C=O) groups excluding carboxylic acids is 1. The number of hydrogen-bond donors (Lipinski definition) is 3. The molecule has 8 nitrogen and oxygen atoms in total. The summed E-state index contributed by atoms with van der Waals surface area (Å²) < 4.78 is 29.5. The zero-order valence-corrected chi connectivity index (χ0v) is 11.0. The van der Waals surface area contributed by atoms with Crippen LogP contribution in [0.5, 0.6) is 5.75 Å². The Kier molecular flexibility index (Phi) is 4.55. The van der Waals surface area contributed by atoms with E-state index in [9.17, 15) is 13.9 Å². The first-order chi connectivity index (χ1) is 8.10. The molecule has 0 saturated carbocycles. The Morgan fingerprint density at radius 1 is 1.11 bits per heavy atom. The topological polar surface area (TPSA) is 130 Å². The summed E-state index contributed by atoms with van der Waals surface area (Å²) in [5, 5.41) is 0.327. The van der Waals surface area contributed by atoms with Gasteiger partial charge in [0.1, 0.15) is 5.75 Å². The molecule has 0 aliphatic heterocycles. The van der Waals surface area contributed by atoms with E-state index in [2.05, 4.69) is 9.05 Å². The number of rotatable bonds is 4. The van der Waals surface area contributed by atoms with Crippen LogP contribution >= 0.6 is 27.0 Å². The van der Waals surface area contributed by atoms with Gasteiger partial charge in [-0.15, -0.1) is 0 Å². The smallest absolute Gasteiger partial charge is 0.417 e. The molecule has 1 atom stereocenters. The van der Waals surface area contributed by atoms with Crippen LogP contribution in [-0.4, -0.2) is 20.4 Å². The zero-order chi connectivity index (χ0) is 14.0. The fraction of sp³-hybridized carbons (Fsp3) is 0. The van der Waals surface area contributed by atoms with E-state index in [0.717, 1.165) is 0 Å². The Labute approximate surface area is 106 Å². The van der Waals surface area contributed by atoms with Crippen LogP contribution in [0.1, 0.15) is 0 Å². The summed E-state index contributed by atoms with van der Waals surface area (Å²) in [6, 6.07) is 5.03. The van der Waals surface area contributed by atoms with Crippen molar-refractivity contribution in [3.05, 3.63) is 29.3 Å². The van der Waals surface area contributed by atoms with Gasteiger partial charge in [-0.2, -0.15) is 0 Å². The second kappa shape index (κ2) is 5.40. The Bertz CT molecular complexity index is 535. The Balaban J connectivity index is 2.82. The monoisotopic (exact) mass is 316 g/mol. The highest BCUT2D eigenvalue weighted by molar-refractivity contribution is 7.71. The molecular formula is C7H7ClO8P2. The fourth-order valence-corrected chi connectivity index (χ4v) is 2.37. The largest absolute Gasteiger partial charge is 0.527 e. The minimum absolute atomic E-state index is 0.187. The number of phosphoric acid groups is 1. The van der Waals surface area contributed by atoms with Gasteiger partial charge < -0.3 is 13.9 Å². The van der Waals surface area contributed by atoms with Gasteiger partial charge in [-0.05, 0) is 24.3 Å². The summed E-state index contributed by atoms with van der Waals surface area (Å²) in [5.41, 5.74) is -2.05. The van der Waals surface area contributed by atoms with Crippen molar-refractivity contribution in [3.8, 4) is 5.75 Å². The normalized spacial score (nSPS) is 14.7. The van der Waals surface area contributed by atoms with E-state index in [1.807, 2.05) is 0 Å². The molecule has 1 aromatic carbocycles. The first-order valence-corrected chi connectivity index (χ1v) is 7.66. The minimum atomic E-state index is -5.21. The number of carbonyl (C=O) groups is 1. The van der Waals surface area contributed by atoms with Gasteiger partial charge in [0.05, 0.1) is 0 Å². The van der Waals surface area contributed by atoms with Crippen LogP contribution in [0, 0.1) is 0 Å². The maximum absolute atomic E-state index is 11.3. The van der Waals surface area contributed by atoms with E-state index in [1.54, 1.807) is 0 Å². The third kappa shape index (κ3) is 4.78. The van der Waals surface area contributed by atoms with Crippen LogP contribution in [0.25, 0.3) is 0 Å². The molecule has 1 rings (SSSR count). The quantitative estimate of drug-likeness (QED) is 0.720. The summed E-state index contributed by atoms with van der Waals surface area (Å²) in [5.74, 6) is -0.187. The maximum atomic E-state index is 11.3. The van der Waals surface area contributed by atoms with Crippen molar-refractivity contribution in [1.82, 2.24) is 0 Å². The van der Waals surface area contributed by atoms with Crippen molar-refractivity contribution in [1.29, 1.82) is 0 Å². The second-order valence-corrected chi connectivity index (χ2v) is 6.10. The molecule has 0 fully saturated rings. The van der Waals surface area contributed by atoms with Crippen molar-refractivity contribution in [3.63, 3.8) is 0 Å². The van der Waals surface area contributed by atoms with Crippen molar-refractivity contribution in [2.75, 3.05) is 0 Å². The van der Waals surface area contributed by atoms with E-state index >= 15 is 0 Å². The summed E-state index contributed by atoms with van der Waals surface area (Å²) in [7, 11) is -10.2. The molecule has 0 aliphatic rings. The van der Waals surface area contributed by atoms with Crippen molar-refractivity contribution in [2.24, 2.45) is 0 Å².